The molecule has 128 valence electrons. The molecule has 2 aromatic rings. The zero-order chi connectivity index (χ0) is 17.1. The van der Waals surface area contributed by atoms with Gasteiger partial charge in [-0.25, -0.2) is 0 Å². The molecule has 2 unspecified atom stereocenters. The smallest absolute Gasteiger partial charge is 0.237 e. The summed E-state index contributed by atoms with van der Waals surface area (Å²) >= 11 is 3.29. The van der Waals surface area contributed by atoms with Crippen LogP contribution in [0.25, 0.3) is 0 Å². The summed E-state index contributed by atoms with van der Waals surface area (Å²) in [5, 5.41) is 3.15. The molecule has 0 aliphatic carbocycles. The van der Waals surface area contributed by atoms with Gasteiger partial charge in [-0.3, -0.25) is 9.69 Å². The van der Waals surface area contributed by atoms with Crippen LogP contribution in [-0.2, 0) is 11.3 Å². The number of carbonyl (C=O) groups excluding carboxylic acids is 1. The Bertz CT molecular complexity index is 716. The van der Waals surface area contributed by atoms with E-state index >= 15 is 0 Å². The molecule has 3 rings (SSSR count). The molecule has 1 aliphatic rings. The molecular formula is C18H21BrN2O3. The Morgan fingerprint density at radius 1 is 1.38 bits per heavy atom. The van der Waals surface area contributed by atoms with Gasteiger partial charge in [0, 0.05) is 12.0 Å². The van der Waals surface area contributed by atoms with Crippen molar-refractivity contribution in [3.05, 3.63) is 52.4 Å². The van der Waals surface area contributed by atoms with Gasteiger partial charge in [0.2, 0.25) is 5.91 Å². The molecular weight excluding hydrogens is 372 g/mol. The second-order valence-electron chi connectivity index (χ2n) is 6.03. The van der Waals surface area contributed by atoms with Crippen LogP contribution in [0, 0.1) is 0 Å². The van der Waals surface area contributed by atoms with Gasteiger partial charge in [-0.1, -0.05) is 18.2 Å². The Morgan fingerprint density at radius 3 is 2.92 bits per heavy atom. The fraction of sp³-hybridized carbons (Fsp3) is 0.389. The number of benzene rings is 1. The van der Waals surface area contributed by atoms with Gasteiger partial charge in [0.1, 0.15) is 11.5 Å². The largest absolute Gasteiger partial charge is 0.493 e. The molecule has 1 aromatic carbocycles. The lowest BCUT2D eigenvalue weighted by Crippen LogP contribution is -2.44. The summed E-state index contributed by atoms with van der Waals surface area (Å²) in [6.07, 6.45) is 0.782. The number of rotatable bonds is 5. The molecule has 0 bridgehead atoms. The molecule has 2 heterocycles. The predicted molar refractivity (Wildman–Crippen MR) is 94.8 cm³/mol. The maximum absolute atomic E-state index is 12.6. The van der Waals surface area contributed by atoms with Crippen LogP contribution in [0.15, 0.2) is 45.5 Å². The average Bonchev–Trinajstić information content (AvgIpc) is 2.99. The SMILES string of the molecule is CC(C(=O)NC1CCOc2ccccc21)N(C)Cc1ccc(Br)o1. The van der Waals surface area contributed by atoms with E-state index in [9.17, 15) is 4.79 Å². The third-order valence-corrected chi connectivity index (χ3v) is 4.78. The van der Waals surface area contributed by atoms with Crippen LogP contribution >= 0.6 is 15.9 Å². The van der Waals surface area contributed by atoms with Crippen molar-refractivity contribution in [2.24, 2.45) is 0 Å². The molecule has 0 saturated heterocycles. The number of nitrogens with one attached hydrogen (secondary N) is 1. The summed E-state index contributed by atoms with van der Waals surface area (Å²) in [6.45, 7) is 3.09. The Balaban J connectivity index is 1.62. The summed E-state index contributed by atoms with van der Waals surface area (Å²) in [6, 6.07) is 11.4. The highest BCUT2D eigenvalue weighted by Gasteiger charge is 2.26. The molecule has 0 spiro atoms. The van der Waals surface area contributed by atoms with Crippen molar-refractivity contribution in [2.45, 2.75) is 32.0 Å². The Morgan fingerprint density at radius 2 is 2.17 bits per heavy atom. The second kappa shape index (κ2) is 7.40. The third-order valence-electron chi connectivity index (χ3n) is 4.35. The molecule has 1 N–H and O–H groups in total. The van der Waals surface area contributed by atoms with Gasteiger partial charge in [-0.05, 0) is 48.1 Å². The summed E-state index contributed by atoms with van der Waals surface area (Å²) in [4.78, 5) is 14.6. The maximum Gasteiger partial charge on any atom is 0.237 e. The van der Waals surface area contributed by atoms with Crippen LogP contribution in [0.5, 0.6) is 5.75 Å². The molecule has 0 saturated carbocycles. The van der Waals surface area contributed by atoms with Gasteiger partial charge < -0.3 is 14.5 Å². The van der Waals surface area contributed by atoms with Crippen LogP contribution < -0.4 is 10.1 Å². The van der Waals surface area contributed by atoms with E-state index < -0.39 is 0 Å². The number of nitrogens with zero attached hydrogens (tertiary/aromatic N) is 1. The average molecular weight is 393 g/mol. The highest BCUT2D eigenvalue weighted by molar-refractivity contribution is 9.10. The summed E-state index contributed by atoms with van der Waals surface area (Å²) in [7, 11) is 1.92. The zero-order valence-corrected chi connectivity index (χ0v) is 15.4. The van der Waals surface area contributed by atoms with E-state index in [0.29, 0.717) is 17.8 Å². The van der Waals surface area contributed by atoms with Crippen molar-refractivity contribution in [3.8, 4) is 5.75 Å². The quantitative estimate of drug-likeness (QED) is 0.845. The van der Waals surface area contributed by atoms with E-state index in [0.717, 1.165) is 23.5 Å². The molecule has 2 atom stereocenters. The maximum atomic E-state index is 12.6. The van der Waals surface area contributed by atoms with Crippen LogP contribution in [0.1, 0.15) is 30.7 Å². The number of halogens is 1. The standard InChI is InChI=1S/C18H21BrN2O3/c1-12(21(2)11-13-7-8-17(19)24-13)18(22)20-15-9-10-23-16-6-4-3-5-14(15)16/h3-8,12,15H,9-11H2,1-2H3,(H,20,22). The van der Waals surface area contributed by atoms with Crippen LogP contribution in [0.4, 0.5) is 0 Å². The van der Waals surface area contributed by atoms with E-state index in [2.05, 4.69) is 21.2 Å². The molecule has 6 heteroatoms. The van der Waals surface area contributed by atoms with Gasteiger partial charge >= 0.3 is 0 Å². The number of amides is 1. The monoisotopic (exact) mass is 392 g/mol. The number of carbonyl (C=O) groups is 1. The summed E-state index contributed by atoms with van der Waals surface area (Å²) in [5.74, 6) is 1.68. The van der Waals surface area contributed by atoms with E-state index in [4.69, 9.17) is 9.15 Å². The number of para-hydroxylation sites is 1. The normalized spacial score (nSPS) is 17.9. The van der Waals surface area contributed by atoms with E-state index in [1.165, 1.54) is 0 Å². The second-order valence-corrected chi connectivity index (χ2v) is 6.81. The number of fused-ring (bicyclic) bond motifs is 1. The summed E-state index contributed by atoms with van der Waals surface area (Å²) < 4.78 is 11.8. The lowest BCUT2D eigenvalue weighted by atomic mass is 10.0. The number of hydrogen-bond donors (Lipinski definition) is 1. The minimum Gasteiger partial charge on any atom is -0.493 e. The molecule has 24 heavy (non-hydrogen) atoms. The Labute approximate surface area is 150 Å². The van der Waals surface area contributed by atoms with Crippen molar-refractivity contribution < 1.29 is 13.9 Å². The Kier molecular flexibility index (Phi) is 5.26. The van der Waals surface area contributed by atoms with Gasteiger partial charge in [0.05, 0.1) is 25.2 Å². The first-order valence-corrected chi connectivity index (χ1v) is 8.80. The highest BCUT2D eigenvalue weighted by Crippen LogP contribution is 2.31. The van der Waals surface area contributed by atoms with E-state index in [-0.39, 0.29) is 18.0 Å². The highest BCUT2D eigenvalue weighted by atomic mass is 79.9. The predicted octanol–water partition coefficient (Wildman–Crippen LogP) is 3.50. The van der Waals surface area contributed by atoms with Crippen molar-refractivity contribution in [1.82, 2.24) is 10.2 Å². The third kappa shape index (κ3) is 3.82. The lowest BCUT2D eigenvalue weighted by molar-refractivity contribution is -0.126. The number of furan rings is 1. The number of hydrogen-bond acceptors (Lipinski definition) is 4. The molecule has 1 amide bonds. The first-order chi connectivity index (χ1) is 11.5. The van der Waals surface area contributed by atoms with Crippen LogP contribution in [-0.4, -0.2) is 30.5 Å². The van der Waals surface area contributed by atoms with Gasteiger partial charge in [0.15, 0.2) is 4.67 Å². The fourth-order valence-electron chi connectivity index (χ4n) is 2.80. The fourth-order valence-corrected chi connectivity index (χ4v) is 3.14. The van der Waals surface area contributed by atoms with Crippen LogP contribution in [0.2, 0.25) is 0 Å². The minimum atomic E-state index is -0.260. The van der Waals surface area contributed by atoms with E-state index in [1.807, 2.05) is 55.3 Å². The molecule has 1 aliphatic heterocycles. The van der Waals surface area contributed by atoms with E-state index in [1.54, 1.807) is 0 Å². The van der Waals surface area contributed by atoms with Crippen molar-refractivity contribution in [1.29, 1.82) is 0 Å². The lowest BCUT2D eigenvalue weighted by Gasteiger charge is -2.29. The van der Waals surface area contributed by atoms with Gasteiger partial charge in [-0.2, -0.15) is 0 Å². The van der Waals surface area contributed by atoms with Crippen LogP contribution in [0.3, 0.4) is 0 Å². The molecule has 5 nitrogen and oxygen atoms in total. The first kappa shape index (κ1) is 17.0. The topological polar surface area (TPSA) is 54.7 Å². The van der Waals surface area contributed by atoms with Crippen molar-refractivity contribution in [3.63, 3.8) is 0 Å². The zero-order valence-electron chi connectivity index (χ0n) is 13.8. The molecule has 1 aromatic heterocycles. The first-order valence-electron chi connectivity index (χ1n) is 8.01. The Hall–Kier alpha value is -1.79. The van der Waals surface area contributed by atoms with Crippen molar-refractivity contribution in [2.75, 3.05) is 13.7 Å². The summed E-state index contributed by atoms with van der Waals surface area (Å²) in [5.41, 5.74) is 1.04. The van der Waals surface area contributed by atoms with Crippen molar-refractivity contribution >= 4 is 21.8 Å². The molecule has 0 fully saturated rings. The number of ether oxygens (including phenoxy) is 1. The van der Waals surface area contributed by atoms with Gasteiger partial charge in [-0.15, -0.1) is 0 Å². The minimum absolute atomic E-state index is 0.00365. The molecule has 0 radical (unpaired) electrons. The van der Waals surface area contributed by atoms with Gasteiger partial charge in [0.25, 0.3) is 0 Å². The number of likely N-dealkylation sites (N-methyl/N-ethyl adjacent to an activating group) is 1.